The van der Waals surface area contributed by atoms with Crippen LogP contribution in [0.4, 0.5) is 0 Å². The van der Waals surface area contributed by atoms with Gasteiger partial charge in [-0.15, -0.1) is 0 Å². The lowest BCUT2D eigenvalue weighted by Crippen LogP contribution is -2.26. The van der Waals surface area contributed by atoms with E-state index in [1.165, 1.54) is 17.7 Å². The van der Waals surface area contributed by atoms with Crippen molar-refractivity contribution in [3.05, 3.63) is 17.0 Å². The Balaban J connectivity index is 1.76. The molecule has 0 bridgehead atoms. The standard InChI is InChI=1S/C18H32N4O/c1-13(2)12-22-15(4)17(14(3)21-22)5-6-18(23)20-10-8-16-7-9-19-11-16/h13,16,19H,5-12H2,1-4H3,(H,20,23). The van der Waals surface area contributed by atoms with Crippen molar-refractivity contribution >= 4 is 5.91 Å². The molecule has 1 amide bonds. The van der Waals surface area contributed by atoms with Gasteiger partial charge in [-0.1, -0.05) is 13.8 Å². The Hall–Kier alpha value is -1.36. The molecule has 0 radical (unpaired) electrons. The topological polar surface area (TPSA) is 59.0 Å². The molecule has 1 fully saturated rings. The molecule has 2 rings (SSSR count). The molecule has 2 heterocycles. The van der Waals surface area contributed by atoms with E-state index >= 15 is 0 Å². The zero-order valence-corrected chi connectivity index (χ0v) is 15.1. The summed E-state index contributed by atoms with van der Waals surface area (Å²) in [6, 6.07) is 0. The number of nitrogens with one attached hydrogen (secondary N) is 2. The summed E-state index contributed by atoms with van der Waals surface area (Å²) in [6.07, 6.45) is 3.66. The van der Waals surface area contributed by atoms with Crippen LogP contribution < -0.4 is 10.6 Å². The summed E-state index contributed by atoms with van der Waals surface area (Å²) in [6.45, 7) is 12.5. The second-order valence-corrected chi connectivity index (χ2v) is 7.22. The van der Waals surface area contributed by atoms with Crippen molar-refractivity contribution in [2.45, 2.75) is 59.9 Å². The molecule has 1 aliphatic heterocycles. The summed E-state index contributed by atoms with van der Waals surface area (Å²) in [5.41, 5.74) is 3.51. The van der Waals surface area contributed by atoms with Crippen LogP contribution in [0.15, 0.2) is 0 Å². The lowest BCUT2D eigenvalue weighted by atomic mass is 10.0. The molecule has 2 N–H and O–H groups in total. The molecule has 1 saturated heterocycles. The van der Waals surface area contributed by atoms with Crippen LogP contribution in [0.1, 0.15) is 50.1 Å². The van der Waals surface area contributed by atoms with E-state index in [4.69, 9.17) is 0 Å². The quantitative estimate of drug-likeness (QED) is 0.772. The molecule has 23 heavy (non-hydrogen) atoms. The van der Waals surface area contributed by atoms with Gasteiger partial charge in [0, 0.05) is 25.2 Å². The summed E-state index contributed by atoms with van der Waals surface area (Å²) in [7, 11) is 0. The highest BCUT2D eigenvalue weighted by Crippen LogP contribution is 2.16. The average molecular weight is 320 g/mol. The molecular formula is C18H32N4O. The van der Waals surface area contributed by atoms with Crippen LogP contribution in [0.3, 0.4) is 0 Å². The fraction of sp³-hybridized carbons (Fsp3) is 0.778. The first kappa shape index (κ1) is 18.0. The van der Waals surface area contributed by atoms with Crippen LogP contribution >= 0.6 is 0 Å². The molecule has 0 aliphatic carbocycles. The van der Waals surface area contributed by atoms with Crippen LogP contribution in [0.2, 0.25) is 0 Å². The van der Waals surface area contributed by atoms with Gasteiger partial charge in [-0.05, 0) is 63.6 Å². The maximum absolute atomic E-state index is 12.0. The number of hydrogen-bond acceptors (Lipinski definition) is 3. The van der Waals surface area contributed by atoms with Crippen molar-refractivity contribution in [1.82, 2.24) is 20.4 Å². The molecule has 1 aliphatic rings. The number of amides is 1. The first-order chi connectivity index (χ1) is 11.0. The lowest BCUT2D eigenvalue weighted by Gasteiger charge is -2.10. The number of aryl methyl sites for hydroxylation is 1. The molecule has 130 valence electrons. The molecule has 0 aromatic carbocycles. The van der Waals surface area contributed by atoms with Crippen LogP contribution in [-0.4, -0.2) is 35.3 Å². The van der Waals surface area contributed by atoms with E-state index in [1.54, 1.807) is 0 Å². The fourth-order valence-corrected chi connectivity index (χ4v) is 3.32. The van der Waals surface area contributed by atoms with Gasteiger partial charge in [0.1, 0.15) is 0 Å². The summed E-state index contributed by atoms with van der Waals surface area (Å²) in [4.78, 5) is 12.0. The van der Waals surface area contributed by atoms with Crippen LogP contribution in [0.25, 0.3) is 0 Å². The van der Waals surface area contributed by atoms with Gasteiger partial charge in [-0.3, -0.25) is 9.48 Å². The van der Waals surface area contributed by atoms with E-state index in [0.29, 0.717) is 12.3 Å². The maximum Gasteiger partial charge on any atom is 0.220 e. The Labute approximate surface area is 140 Å². The third-order valence-corrected chi connectivity index (χ3v) is 4.71. The van der Waals surface area contributed by atoms with E-state index in [9.17, 15) is 4.79 Å². The monoisotopic (exact) mass is 320 g/mol. The van der Waals surface area contributed by atoms with Crippen LogP contribution in [0.5, 0.6) is 0 Å². The minimum absolute atomic E-state index is 0.159. The summed E-state index contributed by atoms with van der Waals surface area (Å²) >= 11 is 0. The van der Waals surface area contributed by atoms with Gasteiger partial charge in [0.2, 0.25) is 5.91 Å². The van der Waals surface area contributed by atoms with E-state index in [2.05, 4.69) is 41.2 Å². The highest BCUT2D eigenvalue weighted by molar-refractivity contribution is 5.76. The summed E-state index contributed by atoms with van der Waals surface area (Å²) in [5, 5.41) is 11.0. The zero-order valence-electron chi connectivity index (χ0n) is 15.1. The Morgan fingerprint density at radius 1 is 1.43 bits per heavy atom. The molecule has 0 spiro atoms. The number of aromatic nitrogens is 2. The van der Waals surface area contributed by atoms with Crippen LogP contribution in [0, 0.1) is 25.7 Å². The molecule has 0 saturated carbocycles. The van der Waals surface area contributed by atoms with Crippen LogP contribution in [-0.2, 0) is 17.8 Å². The number of nitrogens with zero attached hydrogens (tertiary/aromatic N) is 2. The molecule has 5 nitrogen and oxygen atoms in total. The second kappa shape index (κ2) is 8.48. The number of carbonyl (C=O) groups excluding carboxylic acids is 1. The molecule has 1 atom stereocenters. The average Bonchev–Trinajstić information content (AvgIpc) is 3.07. The highest BCUT2D eigenvalue weighted by Gasteiger charge is 2.15. The van der Waals surface area contributed by atoms with Gasteiger partial charge in [-0.2, -0.15) is 5.10 Å². The Morgan fingerprint density at radius 3 is 2.87 bits per heavy atom. The van der Waals surface area contributed by atoms with Crippen molar-refractivity contribution in [2.75, 3.05) is 19.6 Å². The van der Waals surface area contributed by atoms with Gasteiger partial charge >= 0.3 is 0 Å². The second-order valence-electron chi connectivity index (χ2n) is 7.22. The van der Waals surface area contributed by atoms with Gasteiger partial charge < -0.3 is 10.6 Å². The maximum atomic E-state index is 12.0. The highest BCUT2D eigenvalue weighted by atomic mass is 16.1. The third-order valence-electron chi connectivity index (χ3n) is 4.71. The number of rotatable bonds is 8. The molecule has 1 unspecified atom stereocenters. The molecule has 5 heteroatoms. The first-order valence-corrected chi connectivity index (χ1v) is 8.97. The van der Waals surface area contributed by atoms with E-state index in [-0.39, 0.29) is 5.91 Å². The van der Waals surface area contributed by atoms with Gasteiger partial charge in [0.05, 0.1) is 5.69 Å². The van der Waals surface area contributed by atoms with E-state index < -0.39 is 0 Å². The zero-order chi connectivity index (χ0) is 16.8. The first-order valence-electron chi connectivity index (χ1n) is 8.97. The van der Waals surface area contributed by atoms with Crippen molar-refractivity contribution in [1.29, 1.82) is 0 Å². The Bertz CT molecular complexity index is 515. The van der Waals surface area contributed by atoms with E-state index in [0.717, 1.165) is 50.6 Å². The number of hydrogen-bond donors (Lipinski definition) is 2. The molecular weight excluding hydrogens is 288 g/mol. The minimum Gasteiger partial charge on any atom is -0.356 e. The largest absolute Gasteiger partial charge is 0.356 e. The predicted molar refractivity (Wildman–Crippen MR) is 93.5 cm³/mol. The summed E-state index contributed by atoms with van der Waals surface area (Å²) < 4.78 is 2.08. The van der Waals surface area contributed by atoms with Gasteiger partial charge in [0.25, 0.3) is 0 Å². The normalized spacial score (nSPS) is 17.9. The van der Waals surface area contributed by atoms with Crippen molar-refractivity contribution in [3.8, 4) is 0 Å². The Kier molecular flexibility index (Phi) is 6.63. The minimum atomic E-state index is 0.159. The van der Waals surface area contributed by atoms with Gasteiger partial charge in [-0.25, -0.2) is 0 Å². The predicted octanol–water partition coefficient (Wildman–Crippen LogP) is 2.20. The fourth-order valence-electron chi connectivity index (χ4n) is 3.32. The molecule has 1 aromatic rings. The third kappa shape index (κ3) is 5.34. The van der Waals surface area contributed by atoms with Gasteiger partial charge in [0.15, 0.2) is 0 Å². The smallest absolute Gasteiger partial charge is 0.220 e. The van der Waals surface area contributed by atoms with Crippen molar-refractivity contribution in [2.24, 2.45) is 11.8 Å². The lowest BCUT2D eigenvalue weighted by molar-refractivity contribution is -0.121. The SMILES string of the molecule is Cc1nn(CC(C)C)c(C)c1CCC(=O)NCCC1CCNC1. The van der Waals surface area contributed by atoms with E-state index in [1.807, 2.05) is 6.92 Å². The van der Waals surface area contributed by atoms with Crippen molar-refractivity contribution < 1.29 is 4.79 Å². The summed E-state index contributed by atoms with van der Waals surface area (Å²) in [5.74, 6) is 1.47. The Morgan fingerprint density at radius 2 is 2.22 bits per heavy atom. The molecule has 1 aromatic heterocycles. The number of carbonyl (C=O) groups is 1. The van der Waals surface area contributed by atoms with Crippen molar-refractivity contribution in [3.63, 3.8) is 0 Å².